The molecule has 98 valence electrons. The van der Waals surface area contributed by atoms with Gasteiger partial charge in [0.2, 0.25) is 0 Å². The van der Waals surface area contributed by atoms with Crippen LogP contribution in [-0.4, -0.2) is 24.8 Å². The van der Waals surface area contributed by atoms with Crippen LogP contribution in [0.5, 0.6) is 0 Å². The highest BCUT2D eigenvalue weighted by atomic mass is 16.5. The number of rotatable bonds is 5. The van der Waals surface area contributed by atoms with E-state index in [9.17, 15) is 0 Å². The van der Waals surface area contributed by atoms with Crippen molar-refractivity contribution in [1.29, 1.82) is 5.26 Å². The third kappa shape index (κ3) is 4.65. The molecule has 3 nitrogen and oxygen atoms in total. The van der Waals surface area contributed by atoms with Crippen molar-refractivity contribution in [2.45, 2.75) is 70.6 Å². The lowest BCUT2D eigenvalue weighted by atomic mass is 9.88. The van der Waals surface area contributed by atoms with E-state index in [1.54, 1.807) is 0 Å². The minimum Gasteiger partial charge on any atom is -0.375 e. The van der Waals surface area contributed by atoms with Gasteiger partial charge in [-0.05, 0) is 39.7 Å². The number of ether oxygens (including phenoxy) is 1. The molecule has 1 saturated carbocycles. The maximum Gasteiger partial charge on any atom is 0.106 e. The number of hydrogen-bond donors (Lipinski definition) is 1. The topological polar surface area (TPSA) is 45.0 Å². The molecule has 1 rings (SSSR count). The Labute approximate surface area is 106 Å². The van der Waals surface area contributed by atoms with Crippen molar-refractivity contribution in [3.05, 3.63) is 0 Å². The molecule has 0 amide bonds. The third-order valence-corrected chi connectivity index (χ3v) is 3.81. The summed E-state index contributed by atoms with van der Waals surface area (Å²) in [6.07, 6.45) is 6.24. The lowest BCUT2D eigenvalue weighted by molar-refractivity contribution is -0.0394. The SMILES string of the molecule is CNC(C)(C#N)CC(C)OC1CCCC(C)C1. The van der Waals surface area contributed by atoms with Crippen LogP contribution in [0.2, 0.25) is 0 Å². The van der Waals surface area contributed by atoms with Gasteiger partial charge in [-0.1, -0.05) is 19.8 Å². The largest absolute Gasteiger partial charge is 0.375 e. The first kappa shape index (κ1) is 14.5. The van der Waals surface area contributed by atoms with Gasteiger partial charge in [-0.3, -0.25) is 0 Å². The van der Waals surface area contributed by atoms with Crippen LogP contribution >= 0.6 is 0 Å². The quantitative estimate of drug-likeness (QED) is 0.801. The molecule has 0 aromatic rings. The van der Waals surface area contributed by atoms with Crippen LogP contribution < -0.4 is 5.32 Å². The molecule has 0 aromatic carbocycles. The normalized spacial score (nSPS) is 30.3. The highest BCUT2D eigenvalue weighted by Crippen LogP contribution is 2.27. The van der Waals surface area contributed by atoms with Crippen molar-refractivity contribution < 1.29 is 4.74 Å². The Hall–Kier alpha value is -0.590. The lowest BCUT2D eigenvalue weighted by Gasteiger charge is -2.32. The Morgan fingerprint density at radius 1 is 1.53 bits per heavy atom. The van der Waals surface area contributed by atoms with E-state index in [1.807, 2.05) is 14.0 Å². The molecular weight excluding hydrogens is 212 g/mol. The molecule has 0 aliphatic heterocycles. The van der Waals surface area contributed by atoms with Gasteiger partial charge in [-0.15, -0.1) is 0 Å². The van der Waals surface area contributed by atoms with Crippen LogP contribution in [0.4, 0.5) is 0 Å². The molecule has 1 aliphatic rings. The molecule has 0 saturated heterocycles. The van der Waals surface area contributed by atoms with E-state index in [-0.39, 0.29) is 6.10 Å². The second-order valence-corrected chi connectivity index (χ2v) is 5.74. The first-order valence-corrected chi connectivity index (χ1v) is 6.74. The van der Waals surface area contributed by atoms with Crippen molar-refractivity contribution in [3.8, 4) is 6.07 Å². The summed E-state index contributed by atoms with van der Waals surface area (Å²) in [7, 11) is 1.83. The second-order valence-electron chi connectivity index (χ2n) is 5.74. The zero-order chi connectivity index (χ0) is 12.9. The van der Waals surface area contributed by atoms with E-state index in [2.05, 4.69) is 25.2 Å². The van der Waals surface area contributed by atoms with Gasteiger partial charge in [0, 0.05) is 6.42 Å². The first-order chi connectivity index (χ1) is 7.99. The molecule has 1 fully saturated rings. The fraction of sp³-hybridized carbons (Fsp3) is 0.929. The van der Waals surface area contributed by atoms with Crippen LogP contribution in [-0.2, 0) is 4.74 Å². The van der Waals surface area contributed by atoms with E-state index in [0.717, 1.165) is 12.3 Å². The Morgan fingerprint density at radius 3 is 2.76 bits per heavy atom. The van der Waals surface area contributed by atoms with Gasteiger partial charge in [0.1, 0.15) is 5.54 Å². The fourth-order valence-corrected chi connectivity index (χ4v) is 2.66. The number of nitrogens with one attached hydrogen (secondary N) is 1. The molecular formula is C14H26N2O. The molecule has 1 aliphatic carbocycles. The molecule has 4 atom stereocenters. The average molecular weight is 238 g/mol. The van der Waals surface area contributed by atoms with Crippen molar-refractivity contribution >= 4 is 0 Å². The van der Waals surface area contributed by atoms with Gasteiger partial charge >= 0.3 is 0 Å². The molecule has 0 bridgehead atoms. The lowest BCUT2D eigenvalue weighted by Crippen LogP contribution is -2.42. The Bertz CT molecular complexity index is 274. The van der Waals surface area contributed by atoms with Crippen LogP contribution in [0.15, 0.2) is 0 Å². The monoisotopic (exact) mass is 238 g/mol. The summed E-state index contributed by atoms with van der Waals surface area (Å²) in [6.45, 7) is 6.30. The van der Waals surface area contributed by atoms with Crippen molar-refractivity contribution in [1.82, 2.24) is 5.32 Å². The summed E-state index contributed by atoms with van der Waals surface area (Å²) < 4.78 is 6.07. The van der Waals surface area contributed by atoms with Crippen LogP contribution in [0, 0.1) is 17.2 Å². The molecule has 17 heavy (non-hydrogen) atoms. The fourth-order valence-electron chi connectivity index (χ4n) is 2.66. The molecule has 0 heterocycles. The Morgan fingerprint density at radius 2 is 2.24 bits per heavy atom. The van der Waals surface area contributed by atoms with Crippen molar-refractivity contribution in [2.75, 3.05) is 7.05 Å². The average Bonchev–Trinajstić information content (AvgIpc) is 2.28. The van der Waals surface area contributed by atoms with E-state index < -0.39 is 5.54 Å². The molecule has 3 heteroatoms. The summed E-state index contributed by atoms with van der Waals surface area (Å²) in [4.78, 5) is 0. The van der Waals surface area contributed by atoms with Gasteiger partial charge in [0.05, 0.1) is 18.3 Å². The van der Waals surface area contributed by atoms with E-state index >= 15 is 0 Å². The predicted molar refractivity (Wildman–Crippen MR) is 69.7 cm³/mol. The highest BCUT2D eigenvalue weighted by Gasteiger charge is 2.27. The van der Waals surface area contributed by atoms with E-state index in [4.69, 9.17) is 10.00 Å². The Balaban J connectivity index is 2.38. The van der Waals surface area contributed by atoms with Crippen LogP contribution in [0.1, 0.15) is 52.9 Å². The summed E-state index contributed by atoms with van der Waals surface area (Å²) in [5.41, 5.74) is -0.473. The Kier molecular flexibility index (Phi) is 5.42. The smallest absolute Gasteiger partial charge is 0.106 e. The van der Waals surface area contributed by atoms with E-state index in [1.165, 1.54) is 25.7 Å². The van der Waals surface area contributed by atoms with E-state index in [0.29, 0.717) is 6.10 Å². The minimum atomic E-state index is -0.473. The first-order valence-electron chi connectivity index (χ1n) is 6.74. The number of nitrogens with zero attached hydrogens (tertiary/aromatic N) is 1. The van der Waals surface area contributed by atoms with Crippen LogP contribution in [0.25, 0.3) is 0 Å². The summed E-state index contributed by atoms with van der Waals surface area (Å²) >= 11 is 0. The molecule has 4 unspecified atom stereocenters. The van der Waals surface area contributed by atoms with Crippen molar-refractivity contribution in [3.63, 3.8) is 0 Å². The second kappa shape index (κ2) is 6.37. The number of hydrogen-bond acceptors (Lipinski definition) is 3. The van der Waals surface area contributed by atoms with Crippen molar-refractivity contribution in [2.24, 2.45) is 5.92 Å². The zero-order valence-corrected chi connectivity index (χ0v) is 11.6. The molecule has 1 N–H and O–H groups in total. The minimum absolute atomic E-state index is 0.141. The predicted octanol–water partition coefficient (Wildman–Crippen LogP) is 2.86. The molecule has 0 spiro atoms. The van der Waals surface area contributed by atoms with Gasteiger partial charge in [0.15, 0.2) is 0 Å². The van der Waals surface area contributed by atoms with Crippen LogP contribution in [0.3, 0.4) is 0 Å². The van der Waals surface area contributed by atoms with Gasteiger partial charge in [0.25, 0.3) is 0 Å². The highest BCUT2D eigenvalue weighted by molar-refractivity contribution is 5.03. The summed E-state index contributed by atoms with van der Waals surface area (Å²) in [6, 6.07) is 2.31. The number of nitriles is 1. The van der Waals surface area contributed by atoms with Gasteiger partial charge < -0.3 is 10.1 Å². The third-order valence-electron chi connectivity index (χ3n) is 3.81. The standard InChI is InChI=1S/C14H26N2O/c1-11-6-5-7-13(8-11)17-12(2)9-14(3,10-15)16-4/h11-13,16H,5-9H2,1-4H3. The maximum absolute atomic E-state index is 9.11. The molecule has 0 radical (unpaired) electrons. The maximum atomic E-state index is 9.11. The van der Waals surface area contributed by atoms with Gasteiger partial charge in [-0.2, -0.15) is 5.26 Å². The summed E-state index contributed by atoms with van der Waals surface area (Å²) in [5, 5.41) is 12.2. The van der Waals surface area contributed by atoms with Gasteiger partial charge in [-0.25, -0.2) is 0 Å². The summed E-state index contributed by atoms with van der Waals surface area (Å²) in [5.74, 6) is 0.785. The molecule has 0 aromatic heterocycles. The zero-order valence-electron chi connectivity index (χ0n) is 11.6.